The van der Waals surface area contributed by atoms with Gasteiger partial charge in [-0.15, -0.1) is 0 Å². The summed E-state index contributed by atoms with van der Waals surface area (Å²) in [4.78, 5) is 38.3. The Morgan fingerprint density at radius 2 is 0.500 bits per heavy atom. The quantitative estimate of drug-likeness (QED) is 0.0261. The highest BCUT2D eigenvalue weighted by Gasteiger charge is 2.19. The van der Waals surface area contributed by atoms with Crippen molar-refractivity contribution in [3.05, 3.63) is 60.8 Å². The molecule has 1 unspecified atom stereocenters. The molecule has 0 aliphatic heterocycles. The fourth-order valence-corrected chi connectivity index (χ4v) is 10.2. The van der Waals surface area contributed by atoms with Crippen LogP contribution in [0.2, 0.25) is 0 Å². The Labute approximate surface area is 485 Å². The first-order valence-electron chi connectivity index (χ1n) is 34.3. The number of esters is 3. The van der Waals surface area contributed by atoms with Crippen LogP contribution in [0.1, 0.15) is 361 Å². The number of unbranched alkanes of at least 4 members (excludes halogenated alkanes) is 42. The SMILES string of the molecule is CC/C=C\C/C=C\C/C=C\C/C=C\C/C=C\CCCC(=O)OC(COC(=O)CCCCCCCCCCCCCCCCCC)COC(=O)CCCCCCCCCCCCCCCCCCCCCCCCCCCCC. The number of ether oxygens (including phenoxy) is 3. The molecular formula is C72H130O6. The standard InChI is InChI=1S/C72H130O6/c1-4-7-10-13-16-19-22-25-28-31-32-33-34-35-36-37-38-39-40-42-44-47-50-53-56-59-62-65-71(74)77-68-69(67-76-70(73)64-61-58-55-52-49-46-43-30-27-24-21-18-15-12-9-6-3)78-72(75)66-63-60-57-54-51-48-45-41-29-26-23-20-17-14-11-8-5-2/h8,11,17,20,26,29,45,48,54,57,69H,4-7,9-10,12-16,18-19,21-25,27-28,30-44,46-47,49-53,55-56,58-68H2,1-3H3/b11-8-,20-17-,29-26-,48-45-,57-54-. The van der Waals surface area contributed by atoms with Gasteiger partial charge in [0.25, 0.3) is 0 Å². The molecule has 0 spiro atoms. The van der Waals surface area contributed by atoms with E-state index in [2.05, 4.69) is 81.5 Å². The molecule has 0 aromatic heterocycles. The van der Waals surface area contributed by atoms with Gasteiger partial charge in [-0.25, -0.2) is 0 Å². The van der Waals surface area contributed by atoms with Gasteiger partial charge >= 0.3 is 17.9 Å². The first-order valence-corrected chi connectivity index (χ1v) is 34.3. The van der Waals surface area contributed by atoms with Crippen molar-refractivity contribution in [3.8, 4) is 0 Å². The minimum atomic E-state index is -0.802. The summed E-state index contributed by atoms with van der Waals surface area (Å²) in [5, 5.41) is 0. The predicted octanol–water partition coefficient (Wildman–Crippen LogP) is 23.5. The Balaban J connectivity index is 4.29. The normalized spacial score (nSPS) is 12.4. The number of hydrogen-bond donors (Lipinski definition) is 0. The lowest BCUT2D eigenvalue weighted by atomic mass is 10.0. The fraction of sp³-hybridized carbons (Fsp3) is 0.819. The molecule has 0 saturated heterocycles. The summed E-state index contributed by atoms with van der Waals surface area (Å²) in [5.41, 5.74) is 0. The second-order valence-corrected chi connectivity index (χ2v) is 23.1. The van der Waals surface area contributed by atoms with Gasteiger partial charge in [-0.3, -0.25) is 14.4 Å². The molecule has 0 aliphatic rings. The maximum atomic E-state index is 12.9. The second kappa shape index (κ2) is 66.6. The summed E-state index contributed by atoms with van der Waals surface area (Å²) in [6.07, 6.45) is 85.5. The summed E-state index contributed by atoms with van der Waals surface area (Å²) in [6.45, 7) is 6.54. The van der Waals surface area contributed by atoms with Crippen LogP contribution in [0, 0.1) is 0 Å². The van der Waals surface area contributed by atoms with Crippen LogP contribution in [0.15, 0.2) is 60.8 Å². The zero-order valence-electron chi connectivity index (χ0n) is 52.2. The molecule has 0 fully saturated rings. The van der Waals surface area contributed by atoms with E-state index in [1.807, 2.05) is 0 Å². The van der Waals surface area contributed by atoms with Crippen molar-refractivity contribution >= 4 is 17.9 Å². The van der Waals surface area contributed by atoms with Gasteiger partial charge in [0.15, 0.2) is 6.10 Å². The van der Waals surface area contributed by atoms with Crippen LogP contribution in [0.5, 0.6) is 0 Å². The molecule has 454 valence electrons. The van der Waals surface area contributed by atoms with Gasteiger partial charge in [-0.2, -0.15) is 0 Å². The van der Waals surface area contributed by atoms with E-state index in [4.69, 9.17) is 14.2 Å². The third kappa shape index (κ3) is 63.9. The van der Waals surface area contributed by atoms with Gasteiger partial charge in [0, 0.05) is 19.3 Å². The number of hydrogen-bond acceptors (Lipinski definition) is 6. The van der Waals surface area contributed by atoms with E-state index in [0.29, 0.717) is 19.3 Å². The molecule has 0 aliphatic carbocycles. The Kier molecular flexibility index (Phi) is 64.2. The van der Waals surface area contributed by atoms with E-state index in [1.54, 1.807) is 0 Å². The van der Waals surface area contributed by atoms with Crippen molar-refractivity contribution < 1.29 is 28.6 Å². The lowest BCUT2D eigenvalue weighted by molar-refractivity contribution is -0.167. The zero-order chi connectivity index (χ0) is 56.4. The van der Waals surface area contributed by atoms with E-state index >= 15 is 0 Å². The third-order valence-corrected chi connectivity index (χ3v) is 15.3. The monoisotopic (exact) mass is 1090 g/mol. The molecule has 0 amide bonds. The highest BCUT2D eigenvalue weighted by molar-refractivity contribution is 5.71. The molecule has 0 radical (unpaired) electrons. The van der Waals surface area contributed by atoms with Crippen molar-refractivity contribution in [1.29, 1.82) is 0 Å². The average Bonchev–Trinajstić information content (AvgIpc) is 3.44. The Hall–Kier alpha value is -2.89. The molecule has 0 N–H and O–H groups in total. The molecule has 0 aromatic carbocycles. The number of carbonyl (C=O) groups is 3. The fourth-order valence-electron chi connectivity index (χ4n) is 10.2. The van der Waals surface area contributed by atoms with Crippen molar-refractivity contribution in [2.75, 3.05) is 13.2 Å². The summed E-state index contributed by atoms with van der Waals surface area (Å²) in [5.74, 6) is -0.928. The van der Waals surface area contributed by atoms with E-state index in [0.717, 1.165) is 77.0 Å². The zero-order valence-corrected chi connectivity index (χ0v) is 52.2. The highest BCUT2D eigenvalue weighted by Crippen LogP contribution is 2.18. The summed E-state index contributed by atoms with van der Waals surface area (Å²) in [7, 11) is 0. The Bertz CT molecular complexity index is 1390. The van der Waals surface area contributed by atoms with E-state index in [-0.39, 0.29) is 37.5 Å². The number of allylic oxidation sites excluding steroid dienone is 10. The molecule has 6 heteroatoms. The molecule has 0 aromatic rings. The third-order valence-electron chi connectivity index (χ3n) is 15.3. The van der Waals surface area contributed by atoms with E-state index in [9.17, 15) is 14.4 Å². The smallest absolute Gasteiger partial charge is 0.306 e. The number of carbonyl (C=O) groups excluding carboxylic acids is 3. The minimum absolute atomic E-state index is 0.0921. The summed E-state index contributed by atoms with van der Waals surface area (Å²) >= 11 is 0. The lowest BCUT2D eigenvalue weighted by Crippen LogP contribution is -2.30. The Morgan fingerprint density at radius 1 is 0.269 bits per heavy atom. The van der Waals surface area contributed by atoms with Gasteiger partial charge in [0.05, 0.1) is 0 Å². The largest absolute Gasteiger partial charge is 0.462 e. The van der Waals surface area contributed by atoms with E-state index < -0.39 is 6.10 Å². The molecule has 78 heavy (non-hydrogen) atoms. The van der Waals surface area contributed by atoms with Crippen LogP contribution in [-0.2, 0) is 28.6 Å². The molecule has 0 saturated carbocycles. The van der Waals surface area contributed by atoms with Crippen LogP contribution in [0.25, 0.3) is 0 Å². The highest BCUT2D eigenvalue weighted by atomic mass is 16.6. The van der Waals surface area contributed by atoms with Crippen molar-refractivity contribution in [1.82, 2.24) is 0 Å². The molecule has 1 atom stereocenters. The van der Waals surface area contributed by atoms with Crippen LogP contribution in [0.3, 0.4) is 0 Å². The van der Waals surface area contributed by atoms with Crippen molar-refractivity contribution in [2.24, 2.45) is 0 Å². The predicted molar refractivity (Wildman–Crippen MR) is 339 cm³/mol. The Morgan fingerprint density at radius 3 is 0.769 bits per heavy atom. The molecule has 0 rings (SSSR count). The van der Waals surface area contributed by atoms with Crippen LogP contribution in [0.4, 0.5) is 0 Å². The maximum absolute atomic E-state index is 12.9. The van der Waals surface area contributed by atoms with Crippen LogP contribution < -0.4 is 0 Å². The van der Waals surface area contributed by atoms with E-state index in [1.165, 1.54) is 238 Å². The topological polar surface area (TPSA) is 78.9 Å². The van der Waals surface area contributed by atoms with Gasteiger partial charge < -0.3 is 14.2 Å². The molecule has 0 bridgehead atoms. The van der Waals surface area contributed by atoms with Gasteiger partial charge in [0.1, 0.15) is 13.2 Å². The summed E-state index contributed by atoms with van der Waals surface area (Å²) in [6, 6.07) is 0. The van der Waals surface area contributed by atoms with Gasteiger partial charge in [-0.05, 0) is 57.8 Å². The first kappa shape index (κ1) is 75.1. The molecular weight excluding hydrogens is 961 g/mol. The van der Waals surface area contributed by atoms with Gasteiger partial charge in [-0.1, -0.05) is 345 Å². The van der Waals surface area contributed by atoms with Crippen molar-refractivity contribution in [2.45, 2.75) is 367 Å². The second-order valence-electron chi connectivity index (χ2n) is 23.1. The summed E-state index contributed by atoms with van der Waals surface area (Å²) < 4.78 is 16.9. The van der Waals surface area contributed by atoms with Crippen LogP contribution in [-0.4, -0.2) is 37.2 Å². The molecule has 6 nitrogen and oxygen atoms in total. The van der Waals surface area contributed by atoms with Gasteiger partial charge in [0.2, 0.25) is 0 Å². The number of rotatable bonds is 63. The van der Waals surface area contributed by atoms with Crippen LogP contribution >= 0.6 is 0 Å². The maximum Gasteiger partial charge on any atom is 0.306 e. The minimum Gasteiger partial charge on any atom is -0.462 e. The first-order chi connectivity index (χ1) is 38.5. The average molecular weight is 1090 g/mol. The lowest BCUT2D eigenvalue weighted by Gasteiger charge is -2.18. The van der Waals surface area contributed by atoms with Crippen molar-refractivity contribution in [3.63, 3.8) is 0 Å². The molecule has 0 heterocycles.